The molecule has 2 rings (SSSR count). The molecule has 1 heterocycles. The number of rotatable bonds is 0. The molecule has 0 aromatic heterocycles. The summed E-state index contributed by atoms with van der Waals surface area (Å²) in [4.78, 5) is 0. The van der Waals surface area contributed by atoms with E-state index in [0.717, 1.165) is 19.3 Å². The van der Waals surface area contributed by atoms with Gasteiger partial charge in [-0.05, 0) is 19.3 Å². The van der Waals surface area contributed by atoms with Crippen LogP contribution in [0.2, 0.25) is 0 Å². The molecular formula is C7H9N3. The highest BCUT2D eigenvalue weighted by Crippen LogP contribution is 2.40. The van der Waals surface area contributed by atoms with E-state index in [4.69, 9.17) is 5.26 Å². The molecule has 10 heavy (non-hydrogen) atoms. The zero-order valence-electron chi connectivity index (χ0n) is 5.75. The second kappa shape index (κ2) is 1.79. The predicted octanol–water partition coefficient (Wildman–Crippen LogP) is 1.66. The van der Waals surface area contributed by atoms with E-state index in [2.05, 4.69) is 16.3 Å². The third kappa shape index (κ3) is 0.539. The lowest BCUT2D eigenvalue weighted by atomic mass is 9.77. The maximum absolute atomic E-state index is 8.77. The maximum Gasteiger partial charge on any atom is 0.191 e. The zero-order chi connectivity index (χ0) is 7.03. The summed E-state index contributed by atoms with van der Waals surface area (Å²) in [6.45, 7) is 0. The number of nitrogens with zero attached hydrogens (tertiary/aromatic N) is 3. The smallest absolute Gasteiger partial charge is 0.191 e. The molecule has 0 amide bonds. The summed E-state index contributed by atoms with van der Waals surface area (Å²) in [5, 5.41) is 16.6. The molecule has 0 aromatic carbocycles. The van der Waals surface area contributed by atoms with Crippen LogP contribution in [0.4, 0.5) is 0 Å². The number of azo groups is 1. The minimum Gasteiger partial charge on any atom is -0.195 e. The fourth-order valence-corrected chi connectivity index (χ4v) is 1.68. The van der Waals surface area contributed by atoms with Crippen molar-refractivity contribution in [3.63, 3.8) is 0 Å². The van der Waals surface area contributed by atoms with E-state index in [9.17, 15) is 0 Å². The third-order valence-corrected chi connectivity index (χ3v) is 2.41. The quantitative estimate of drug-likeness (QED) is 0.498. The lowest BCUT2D eigenvalue weighted by molar-refractivity contribution is 0.233. The molecule has 1 aliphatic carbocycles. The van der Waals surface area contributed by atoms with Crippen molar-refractivity contribution in [1.82, 2.24) is 0 Å². The Labute approximate surface area is 59.8 Å². The Balaban J connectivity index is 2.23. The van der Waals surface area contributed by atoms with Crippen molar-refractivity contribution in [2.24, 2.45) is 10.2 Å². The van der Waals surface area contributed by atoms with Gasteiger partial charge in [0.05, 0.1) is 6.07 Å². The van der Waals surface area contributed by atoms with E-state index in [1.165, 1.54) is 6.42 Å². The summed E-state index contributed by atoms with van der Waals surface area (Å²) < 4.78 is 0. The first-order valence-electron chi connectivity index (χ1n) is 3.71. The van der Waals surface area contributed by atoms with Crippen molar-refractivity contribution in [3.8, 4) is 6.07 Å². The molecule has 1 saturated carbocycles. The van der Waals surface area contributed by atoms with Gasteiger partial charge in [0.15, 0.2) is 5.54 Å². The Morgan fingerprint density at radius 1 is 1.50 bits per heavy atom. The molecule has 0 bridgehead atoms. The monoisotopic (exact) mass is 135 g/mol. The van der Waals surface area contributed by atoms with Gasteiger partial charge in [-0.15, -0.1) is 0 Å². The van der Waals surface area contributed by atoms with E-state index < -0.39 is 0 Å². The van der Waals surface area contributed by atoms with E-state index in [1.807, 2.05) is 0 Å². The molecule has 2 atom stereocenters. The Kier molecular flexibility index (Phi) is 1.04. The van der Waals surface area contributed by atoms with Gasteiger partial charge in [0.1, 0.15) is 6.04 Å². The van der Waals surface area contributed by atoms with Gasteiger partial charge in [-0.1, -0.05) is 6.42 Å². The van der Waals surface area contributed by atoms with Crippen LogP contribution in [-0.2, 0) is 0 Å². The van der Waals surface area contributed by atoms with E-state index in [1.54, 1.807) is 0 Å². The molecule has 1 aliphatic heterocycles. The van der Waals surface area contributed by atoms with E-state index in [0.29, 0.717) is 0 Å². The van der Waals surface area contributed by atoms with Crippen molar-refractivity contribution in [2.45, 2.75) is 37.3 Å². The van der Waals surface area contributed by atoms with Crippen LogP contribution in [0.1, 0.15) is 25.7 Å². The number of hydrogen-bond acceptors (Lipinski definition) is 3. The first-order chi connectivity index (χ1) is 4.87. The van der Waals surface area contributed by atoms with Crippen LogP contribution in [0.15, 0.2) is 10.2 Å². The van der Waals surface area contributed by atoms with Crippen LogP contribution >= 0.6 is 0 Å². The minimum absolute atomic E-state index is 0.242. The van der Waals surface area contributed by atoms with E-state index in [-0.39, 0.29) is 11.6 Å². The highest BCUT2D eigenvalue weighted by molar-refractivity contribution is 5.19. The lowest BCUT2D eigenvalue weighted by Gasteiger charge is -2.37. The summed E-state index contributed by atoms with van der Waals surface area (Å²) >= 11 is 0. The Hall–Kier alpha value is -0.910. The summed E-state index contributed by atoms with van der Waals surface area (Å²) in [7, 11) is 0. The standard InChI is InChI=1S/C7H9N3/c8-5-7-4-2-1-3-6(7)9-10-7/h6H,1-4H2. The molecule has 0 aromatic rings. The van der Waals surface area contributed by atoms with Gasteiger partial charge in [-0.25, -0.2) is 0 Å². The topological polar surface area (TPSA) is 48.5 Å². The summed E-state index contributed by atoms with van der Waals surface area (Å²) in [6, 6.07) is 2.50. The third-order valence-electron chi connectivity index (χ3n) is 2.41. The normalized spacial score (nSPS) is 43.3. The van der Waals surface area contributed by atoms with Crippen LogP contribution in [0.3, 0.4) is 0 Å². The summed E-state index contributed by atoms with van der Waals surface area (Å²) in [5.41, 5.74) is -0.377. The molecular weight excluding hydrogens is 126 g/mol. The summed E-state index contributed by atoms with van der Waals surface area (Å²) in [6.07, 6.45) is 4.35. The SMILES string of the molecule is N#CC12CCCCC1N=N2. The van der Waals surface area contributed by atoms with Gasteiger partial charge in [0, 0.05) is 0 Å². The number of nitriles is 1. The zero-order valence-corrected chi connectivity index (χ0v) is 5.75. The van der Waals surface area contributed by atoms with Gasteiger partial charge in [0.2, 0.25) is 0 Å². The fraction of sp³-hybridized carbons (Fsp3) is 0.857. The first kappa shape index (κ1) is 5.84. The van der Waals surface area contributed by atoms with Gasteiger partial charge >= 0.3 is 0 Å². The van der Waals surface area contributed by atoms with Crippen molar-refractivity contribution >= 4 is 0 Å². The Bertz CT molecular complexity index is 215. The molecule has 0 radical (unpaired) electrons. The minimum atomic E-state index is -0.377. The average molecular weight is 135 g/mol. The molecule has 1 fully saturated rings. The van der Waals surface area contributed by atoms with Crippen molar-refractivity contribution in [1.29, 1.82) is 5.26 Å². The van der Waals surface area contributed by atoms with Crippen molar-refractivity contribution in [2.75, 3.05) is 0 Å². The second-order valence-corrected chi connectivity index (χ2v) is 3.01. The Morgan fingerprint density at radius 3 is 2.80 bits per heavy atom. The van der Waals surface area contributed by atoms with Crippen LogP contribution in [0, 0.1) is 11.3 Å². The van der Waals surface area contributed by atoms with Crippen LogP contribution in [-0.4, -0.2) is 11.6 Å². The molecule has 3 nitrogen and oxygen atoms in total. The highest BCUT2D eigenvalue weighted by atomic mass is 15.3. The molecule has 0 N–H and O–H groups in total. The maximum atomic E-state index is 8.77. The van der Waals surface area contributed by atoms with Crippen LogP contribution in [0.25, 0.3) is 0 Å². The van der Waals surface area contributed by atoms with Crippen molar-refractivity contribution < 1.29 is 0 Å². The first-order valence-corrected chi connectivity index (χ1v) is 3.71. The average Bonchev–Trinajstić information content (AvgIpc) is 1.93. The molecule has 3 heteroatoms. The van der Waals surface area contributed by atoms with Gasteiger partial charge in [0.25, 0.3) is 0 Å². The van der Waals surface area contributed by atoms with Crippen molar-refractivity contribution in [3.05, 3.63) is 0 Å². The largest absolute Gasteiger partial charge is 0.195 e. The fourth-order valence-electron chi connectivity index (χ4n) is 1.68. The molecule has 2 aliphatic rings. The van der Waals surface area contributed by atoms with E-state index >= 15 is 0 Å². The molecule has 2 unspecified atom stereocenters. The Morgan fingerprint density at radius 2 is 2.40 bits per heavy atom. The predicted molar refractivity (Wildman–Crippen MR) is 35.5 cm³/mol. The van der Waals surface area contributed by atoms with Gasteiger partial charge in [-0.3, -0.25) is 0 Å². The van der Waals surface area contributed by atoms with Gasteiger partial charge < -0.3 is 0 Å². The van der Waals surface area contributed by atoms with Gasteiger partial charge in [-0.2, -0.15) is 15.5 Å². The molecule has 52 valence electrons. The number of fused-ring (bicyclic) bond motifs is 1. The lowest BCUT2D eigenvalue weighted by Crippen LogP contribution is -2.46. The highest BCUT2D eigenvalue weighted by Gasteiger charge is 2.47. The number of hydrogen-bond donors (Lipinski definition) is 0. The second-order valence-electron chi connectivity index (χ2n) is 3.01. The molecule has 0 saturated heterocycles. The van der Waals surface area contributed by atoms with Crippen LogP contribution < -0.4 is 0 Å². The molecule has 0 spiro atoms. The summed E-state index contributed by atoms with van der Waals surface area (Å²) in [5.74, 6) is 0. The van der Waals surface area contributed by atoms with Crippen LogP contribution in [0.5, 0.6) is 0 Å².